The number of hydrogen-bond donors (Lipinski definition) is 4. The first-order chi connectivity index (χ1) is 13.8. The van der Waals surface area contributed by atoms with E-state index >= 15 is 0 Å². The van der Waals surface area contributed by atoms with E-state index in [2.05, 4.69) is 10.3 Å². The van der Waals surface area contributed by atoms with E-state index in [1.165, 1.54) is 6.92 Å². The van der Waals surface area contributed by atoms with Crippen molar-refractivity contribution in [1.29, 1.82) is 5.41 Å². The third-order valence-corrected chi connectivity index (χ3v) is 3.99. The van der Waals surface area contributed by atoms with Gasteiger partial charge in [0, 0.05) is 12.5 Å². The first-order valence-electron chi connectivity index (χ1n) is 8.64. The number of amidine groups is 1. The minimum absolute atomic E-state index is 0.00554. The van der Waals surface area contributed by atoms with Crippen molar-refractivity contribution in [3.63, 3.8) is 0 Å². The minimum atomic E-state index is -0.518. The number of amides is 1. The monoisotopic (exact) mass is 389 g/mol. The van der Waals surface area contributed by atoms with E-state index in [9.17, 15) is 9.59 Å². The van der Waals surface area contributed by atoms with Gasteiger partial charge in [-0.25, -0.2) is 9.79 Å². The summed E-state index contributed by atoms with van der Waals surface area (Å²) in [6.07, 6.45) is 0. The number of nitrogen functional groups attached to an aromatic ring is 1. The van der Waals surface area contributed by atoms with Gasteiger partial charge in [0.1, 0.15) is 11.6 Å². The molecule has 0 radical (unpaired) electrons. The van der Waals surface area contributed by atoms with Crippen molar-refractivity contribution in [1.82, 2.24) is 5.32 Å². The second kappa shape index (κ2) is 8.22. The molecule has 0 spiro atoms. The lowest BCUT2D eigenvalue weighted by atomic mass is 10.1. The van der Waals surface area contributed by atoms with Crippen molar-refractivity contribution < 1.29 is 14.3 Å². The highest BCUT2D eigenvalue weighted by Crippen LogP contribution is 2.23. The molecule has 0 aliphatic carbocycles. The van der Waals surface area contributed by atoms with E-state index in [1.54, 1.807) is 54.6 Å². The molecule has 0 unspecified atom stereocenters. The number of nitrogens with one attached hydrogen (secondary N) is 2. The summed E-state index contributed by atoms with van der Waals surface area (Å²) >= 11 is 0. The lowest BCUT2D eigenvalue weighted by molar-refractivity contribution is -0.117. The van der Waals surface area contributed by atoms with E-state index in [-0.39, 0.29) is 17.7 Å². The smallest absolute Gasteiger partial charge is 0.343 e. The molecule has 0 bridgehead atoms. The number of carbonyl (C=O) groups excluding carboxylic acids is 2. The molecule has 0 saturated heterocycles. The van der Waals surface area contributed by atoms with Crippen molar-refractivity contribution in [2.45, 2.75) is 6.92 Å². The predicted molar refractivity (Wildman–Crippen MR) is 111 cm³/mol. The molecule has 1 amide bonds. The van der Waals surface area contributed by atoms with Crippen LogP contribution in [-0.4, -0.2) is 23.7 Å². The Hall–Kier alpha value is -4.20. The fraction of sp³-hybridized carbons (Fsp3) is 0.0476. The van der Waals surface area contributed by atoms with Crippen LogP contribution in [0.15, 0.2) is 65.7 Å². The van der Waals surface area contributed by atoms with Crippen molar-refractivity contribution >= 4 is 40.1 Å². The molecule has 3 aromatic rings. The normalized spacial score (nSPS) is 11.1. The number of fused-ring (bicyclic) bond motifs is 1. The molecule has 0 aromatic heterocycles. The van der Waals surface area contributed by atoms with Crippen LogP contribution in [0.1, 0.15) is 22.8 Å². The zero-order valence-corrected chi connectivity index (χ0v) is 15.6. The van der Waals surface area contributed by atoms with Crippen LogP contribution in [0.5, 0.6) is 5.75 Å². The second-order valence-corrected chi connectivity index (χ2v) is 6.25. The number of guanidine groups is 1. The van der Waals surface area contributed by atoms with Gasteiger partial charge in [0.15, 0.2) is 0 Å². The Balaban J connectivity index is 1.73. The van der Waals surface area contributed by atoms with Gasteiger partial charge in [-0.05, 0) is 53.2 Å². The molecule has 0 aliphatic heterocycles. The fourth-order valence-corrected chi connectivity index (χ4v) is 2.64. The number of nitrogens with two attached hydrogens (primary N) is 2. The summed E-state index contributed by atoms with van der Waals surface area (Å²) < 4.78 is 5.44. The van der Waals surface area contributed by atoms with Gasteiger partial charge in [0.2, 0.25) is 11.9 Å². The summed E-state index contributed by atoms with van der Waals surface area (Å²) in [6, 6.07) is 16.9. The highest BCUT2D eigenvalue weighted by atomic mass is 16.5. The molecular weight excluding hydrogens is 370 g/mol. The van der Waals surface area contributed by atoms with Gasteiger partial charge in [0.05, 0.1) is 11.3 Å². The molecule has 3 rings (SSSR count). The molecule has 6 N–H and O–H groups in total. The van der Waals surface area contributed by atoms with Gasteiger partial charge in [-0.15, -0.1) is 0 Å². The maximum atomic E-state index is 12.4. The number of hydrogen-bond acceptors (Lipinski definition) is 5. The van der Waals surface area contributed by atoms with Crippen LogP contribution in [-0.2, 0) is 4.79 Å². The van der Waals surface area contributed by atoms with Gasteiger partial charge in [-0.3, -0.25) is 15.5 Å². The van der Waals surface area contributed by atoms with Gasteiger partial charge >= 0.3 is 5.97 Å². The summed E-state index contributed by atoms with van der Waals surface area (Å²) in [6.45, 7) is 1.33. The standard InChI is InChI=1S/C21H19N5O3/c1-12(27)25-21(24)26-17-7-4-13(5-8-17)20(28)29-18-9-6-14-10-16(19(22)23)3-2-15(14)11-18/h2-11H,1H3,(H3,22,23)(H3,24,25,26,27). The number of aliphatic imine (C=N–C) groups is 1. The quantitative estimate of drug-likeness (QED) is 0.234. The van der Waals surface area contributed by atoms with Gasteiger partial charge < -0.3 is 16.2 Å². The Morgan fingerprint density at radius 2 is 1.55 bits per heavy atom. The zero-order chi connectivity index (χ0) is 21.0. The number of benzene rings is 3. The van der Waals surface area contributed by atoms with Crippen LogP contribution < -0.4 is 21.5 Å². The fourth-order valence-electron chi connectivity index (χ4n) is 2.64. The summed E-state index contributed by atoms with van der Waals surface area (Å²) in [5.74, 6) is -0.476. The predicted octanol–water partition coefficient (Wildman–Crippen LogP) is 2.43. The number of nitrogens with zero attached hydrogens (tertiary/aromatic N) is 1. The van der Waals surface area contributed by atoms with E-state index in [4.69, 9.17) is 21.6 Å². The Labute approximate surface area is 166 Å². The maximum Gasteiger partial charge on any atom is 0.343 e. The Morgan fingerprint density at radius 3 is 2.21 bits per heavy atom. The number of rotatable bonds is 4. The molecule has 0 fully saturated rings. The van der Waals surface area contributed by atoms with Gasteiger partial charge in [-0.2, -0.15) is 0 Å². The molecule has 8 nitrogen and oxygen atoms in total. The first kappa shape index (κ1) is 19.6. The van der Waals surface area contributed by atoms with Crippen molar-refractivity contribution in [2.75, 3.05) is 0 Å². The first-order valence-corrected chi connectivity index (χ1v) is 8.64. The molecule has 146 valence electrons. The van der Waals surface area contributed by atoms with Crippen LogP contribution >= 0.6 is 0 Å². The summed E-state index contributed by atoms with van der Waals surface area (Å²) in [7, 11) is 0. The van der Waals surface area contributed by atoms with Crippen LogP contribution in [0.2, 0.25) is 0 Å². The van der Waals surface area contributed by atoms with Gasteiger partial charge in [0.25, 0.3) is 0 Å². The number of esters is 1. The number of carbonyl (C=O) groups is 2. The van der Waals surface area contributed by atoms with E-state index < -0.39 is 5.97 Å². The molecule has 3 aromatic carbocycles. The van der Waals surface area contributed by atoms with Crippen LogP contribution in [0.4, 0.5) is 5.69 Å². The molecule has 29 heavy (non-hydrogen) atoms. The Bertz CT molecular complexity index is 1140. The Kier molecular flexibility index (Phi) is 5.54. The van der Waals surface area contributed by atoms with Gasteiger partial charge in [-0.1, -0.05) is 18.2 Å². The molecule has 0 heterocycles. The van der Waals surface area contributed by atoms with E-state index in [0.29, 0.717) is 22.6 Å². The number of ether oxygens (including phenoxy) is 1. The average molecular weight is 389 g/mol. The van der Waals surface area contributed by atoms with Crippen LogP contribution in [0, 0.1) is 5.41 Å². The second-order valence-electron chi connectivity index (χ2n) is 6.25. The summed E-state index contributed by atoms with van der Waals surface area (Å²) in [5.41, 5.74) is 12.5. The van der Waals surface area contributed by atoms with Crippen LogP contribution in [0.25, 0.3) is 10.8 Å². The lowest BCUT2D eigenvalue weighted by Gasteiger charge is -2.07. The summed E-state index contributed by atoms with van der Waals surface area (Å²) in [4.78, 5) is 27.4. The zero-order valence-electron chi connectivity index (χ0n) is 15.6. The highest BCUT2D eigenvalue weighted by Gasteiger charge is 2.10. The molecule has 0 aliphatic rings. The van der Waals surface area contributed by atoms with Crippen molar-refractivity contribution in [2.24, 2.45) is 16.5 Å². The largest absolute Gasteiger partial charge is 0.423 e. The van der Waals surface area contributed by atoms with Crippen LogP contribution in [0.3, 0.4) is 0 Å². The van der Waals surface area contributed by atoms with Crippen molar-refractivity contribution in [3.8, 4) is 5.75 Å². The third-order valence-electron chi connectivity index (χ3n) is 3.99. The highest BCUT2D eigenvalue weighted by molar-refractivity contribution is 5.99. The topological polar surface area (TPSA) is 144 Å². The molecule has 0 atom stereocenters. The SMILES string of the molecule is CC(=O)NC(N)=Nc1ccc(C(=O)Oc2ccc3cc(C(=N)N)ccc3c2)cc1. The summed E-state index contributed by atoms with van der Waals surface area (Å²) in [5, 5.41) is 11.6. The lowest BCUT2D eigenvalue weighted by Crippen LogP contribution is -2.34. The van der Waals surface area contributed by atoms with E-state index in [0.717, 1.165) is 10.8 Å². The minimum Gasteiger partial charge on any atom is -0.423 e. The average Bonchev–Trinajstić information content (AvgIpc) is 2.67. The molecule has 0 saturated carbocycles. The molecule has 8 heteroatoms. The molecular formula is C21H19N5O3. The Morgan fingerprint density at radius 1 is 0.931 bits per heavy atom. The van der Waals surface area contributed by atoms with Crippen molar-refractivity contribution in [3.05, 3.63) is 71.8 Å². The maximum absolute atomic E-state index is 12.4. The third kappa shape index (κ3) is 4.95. The van der Waals surface area contributed by atoms with E-state index in [1.807, 2.05) is 6.07 Å².